The van der Waals surface area contributed by atoms with E-state index in [9.17, 15) is 8.78 Å². The van der Waals surface area contributed by atoms with E-state index < -0.39 is 0 Å². The minimum Gasteiger partial charge on any atom is -0.330 e. The molecule has 0 amide bonds. The summed E-state index contributed by atoms with van der Waals surface area (Å²) in [4.78, 5) is 0. The fraction of sp³-hybridized carbons (Fsp3) is 0.250. The first kappa shape index (κ1) is 14.9. The first-order chi connectivity index (χ1) is 9.61. The highest BCUT2D eigenvalue weighted by molar-refractivity contribution is 6.31. The van der Waals surface area contributed by atoms with Gasteiger partial charge in [-0.05, 0) is 49.1 Å². The van der Waals surface area contributed by atoms with Gasteiger partial charge in [0, 0.05) is 10.6 Å². The van der Waals surface area contributed by atoms with E-state index in [0.29, 0.717) is 35.5 Å². The van der Waals surface area contributed by atoms with Crippen molar-refractivity contribution >= 4 is 11.6 Å². The molecule has 1 nitrogen and oxygen atoms in total. The van der Waals surface area contributed by atoms with Crippen molar-refractivity contribution in [2.24, 2.45) is 11.7 Å². The van der Waals surface area contributed by atoms with Crippen LogP contribution in [-0.2, 0) is 12.8 Å². The van der Waals surface area contributed by atoms with Crippen molar-refractivity contribution in [2.45, 2.75) is 12.8 Å². The van der Waals surface area contributed by atoms with Crippen molar-refractivity contribution in [3.05, 3.63) is 70.2 Å². The average Bonchev–Trinajstić information content (AvgIpc) is 2.44. The Labute approximate surface area is 122 Å². The summed E-state index contributed by atoms with van der Waals surface area (Å²) in [7, 11) is 0. The first-order valence-electron chi connectivity index (χ1n) is 6.48. The second-order valence-electron chi connectivity index (χ2n) is 4.80. The van der Waals surface area contributed by atoms with Crippen molar-refractivity contribution in [1.82, 2.24) is 0 Å². The van der Waals surface area contributed by atoms with Gasteiger partial charge in [0.15, 0.2) is 0 Å². The summed E-state index contributed by atoms with van der Waals surface area (Å²) >= 11 is 6.01. The zero-order chi connectivity index (χ0) is 14.5. The number of hydrogen-bond acceptors (Lipinski definition) is 1. The fourth-order valence-electron chi connectivity index (χ4n) is 2.23. The molecule has 0 saturated carbocycles. The Balaban J connectivity index is 2.16. The molecule has 0 saturated heterocycles. The molecule has 0 bridgehead atoms. The summed E-state index contributed by atoms with van der Waals surface area (Å²) in [6, 6.07) is 11.1. The maximum absolute atomic E-state index is 13.8. The number of hydrogen-bond donors (Lipinski definition) is 1. The lowest BCUT2D eigenvalue weighted by Crippen LogP contribution is -2.20. The molecular formula is C16H16ClF2N. The minimum absolute atomic E-state index is 0.0544. The Hall–Kier alpha value is -1.45. The van der Waals surface area contributed by atoms with Gasteiger partial charge >= 0.3 is 0 Å². The molecule has 2 N–H and O–H groups in total. The smallest absolute Gasteiger partial charge is 0.127 e. The van der Waals surface area contributed by atoms with Crippen molar-refractivity contribution in [3.63, 3.8) is 0 Å². The van der Waals surface area contributed by atoms with Gasteiger partial charge in [0.1, 0.15) is 11.6 Å². The third-order valence-corrected chi connectivity index (χ3v) is 3.71. The molecule has 1 atom stereocenters. The van der Waals surface area contributed by atoms with Crippen LogP contribution in [0.4, 0.5) is 8.78 Å². The zero-order valence-corrected chi connectivity index (χ0v) is 11.7. The van der Waals surface area contributed by atoms with E-state index in [1.54, 1.807) is 30.3 Å². The molecule has 0 fully saturated rings. The maximum Gasteiger partial charge on any atom is 0.127 e. The predicted octanol–water partition coefficient (Wildman–Crippen LogP) is 3.98. The molecule has 0 aliphatic rings. The molecule has 0 heterocycles. The van der Waals surface area contributed by atoms with Gasteiger partial charge in [0.05, 0.1) is 0 Å². The van der Waals surface area contributed by atoms with Crippen molar-refractivity contribution in [2.75, 3.05) is 6.54 Å². The van der Waals surface area contributed by atoms with E-state index in [-0.39, 0.29) is 17.6 Å². The Morgan fingerprint density at radius 3 is 2.30 bits per heavy atom. The summed E-state index contributed by atoms with van der Waals surface area (Å²) in [5.74, 6) is -0.656. The van der Waals surface area contributed by atoms with Gasteiger partial charge in [0.2, 0.25) is 0 Å². The van der Waals surface area contributed by atoms with Crippen molar-refractivity contribution in [1.29, 1.82) is 0 Å². The van der Waals surface area contributed by atoms with Gasteiger partial charge in [-0.1, -0.05) is 35.9 Å². The van der Waals surface area contributed by atoms with E-state index >= 15 is 0 Å². The second kappa shape index (κ2) is 6.82. The van der Waals surface area contributed by atoms with Crippen LogP contribution in [0.5, 0.6) is 0 Å². The standard InChI is InChI=1S/C16H16ClF2N/c17-14-5-3-7-16(19)13(14)9-11(10-20)8-12-4-1-2-6-15(12)18/h1-7,11H,8-10,20H2. The predicted molar refractivity (Wildman–Crippen MR) is 77.8 cm³/mol. The van der Waals surface area contributed by atoms with Crippen LogP contribution >= 0.6 is 11.6 Å². The van der Waals surface area contributed by atoms with Crippen LogP contribution in [-0.4, -0.2) is 6.54 Å². The highest BCUT2D eigenvalue weighted by Crippen LogP contribution is 2.24. The number of nitrogens with two attached hydrogens (primary N) is 1. The van der Waals surface area contributed by atoms with Crippen LogP contribution < -0.4 is 5.73 Å². The monoisotopic (exact) mass is 295 g/mol. The third kappa shape index (κ3) is 3.56. The lowest BCUT2D eigenvalue weighted by molar-refractivity contribution is 0.497. The maximum atomic E-state index is 13.8. The number of halogens is 3. The molecule has 2 aromatic carbocycles. The molecule has 0 radical (unpaired) electrons. The molecule has 0 aromatic heterocycles. The van der Waals surface area contributed by atoms with E-state index in [4.69, 9.17) is 17.3 Å². The van der Waals surface area contributed by atoms with Crippen LogP contribution in [0, 0.1) is 17.6 Å². The molecule has 0 aliphatic heterocycles. The van der Waals surface area contributed by atoms with Gasteiger partial charge in [-0.2, -0.15) is 0 Å². The van der Waals surface area contributed by atoms with Gasteiger partial charge < -0.3 is 5.73 Å². The molecule has 0 aliphatic carbocycles. The largest absolute Gasteiger partial charge is 0.330 e. The van der Waals surface area contributed by atoms with Crippen LogP contribution in [0.1, 0.15) is 11.1 Å². The molecule has 1 unspecified atom stereocenters. The summed E-state index contributed by atoms with van der Waals surface area (Å²) in [5, 5.41) is 0.386. The minimum atomic E-state index is -0.343. The highest BCUT2D eigenvalue weighted by atomic mass is 35.5. The quantitative estimate of drug-likeness (QED) is 0.887. The van der Waals surface area contributed by atoms with Crippen molar-refractivity contribution in [3.8, 4) is 0 Å². The normalized spacial score (nSPS) is 12.4. The second-order valence-corrected chi connectivity index (χ2v) is 5.21. The SMILES string of the molecule is NCC(Cc1ccccc1F)Cc1c(F)cccc1Cl. The first-order valence-corrected chi connectivity index (χ1v) is 6.86. The lowest BCUT2D eigenvalue weighted by atomic mass is 9.92. The Kier molecular flexibility index (Phi) is 5.10. The Bertz CT molecular complexity index is 566. The lowest BCUT2D eigenvalue weighted by Gasteiger charge is -2.16. The van der Waals surface area contributed by atoms with Crippen LogP contribution in [0.15, 0.2) is 42.5 Å². The van der Waals surface area contributed by atoms with Gasteiger partial charge in [-0.3, -0.25) is 0 Å². The molecular weight excluding hydrogens is 280 g/mol. The summed E-state index contributed by atoms with van der Waals surface area (Å²) < 4.78 is 27.4. The molecule has 2 aromatic rings. The van der Waals surface area contributed by atoms with E-state index in [2.05, 4.69) is 0 Å². The van der Waals surface area contributed by atoms with E-state index in [1.807, 2.05) is 0 Å². The summed E-state index contributed by atoms with van der Waals surface area (Å²) in [6.07, 6.45) is 0.865. The zero-order valence-electron chi connectivity index (χ0n) is 11.0. The molecule has 2 rings (SSSR count). The molecule has 20 heavy (non-hydrogen) atoms. The van der Waals surface area contributed by atoms with Gasteiger partial charge in [-0.25, -0.2) is 8.78 Å². The Morgan fingerprint density at radius 1 is 0.950 bits per heavy atom. The van der Waals surface area contributed by atoms with Crippen molar-refractivity contribution < 1.29 is 8.78 Å². The van der Waals surface area contributed by atoms with Crippen LogP contribution in [0.25, 0.3) is 0 Å². The van der Waals surface area contributed by atoms with Gasteiger partial charge in [-0.15, -0.1) is 0 Å². The molecule has 0 spiro atoms. The number of rotatable bonds is 5. The third-order valence-electron chi connectivity index (χ3n) is 3.35. The molecule has 4 heteroatoms. The van der Waals surface area contributed by atoms with Crippen LogP contribution in [0.3, 0.4) is 0 Å². The Morgan fingerprint density at radius 2 is 1.65 bits per heavy atom. The summed E-state index contributed by atoms with van der Waals surface area (Å²) in [5.41, 5.74) is 6.77. The van der Waals surface area contributed by atoms with Gasteiger partial charge in [0.25, 0.3) is 0 Å². The fourth-order valence-corrected chi connectivity index (χ4v) is 2.47. The van der Waals surface area contributed by atoms with E-state index in [0.717, 1.165) is 0 Å². The summed E-state index contributed by atoms with van der Waals surface area (Å²) in [6.45, 7) is 0.346. The topological polar surface area (TPSA) is 26.0 Å². The van der Waals surface area contributed by atoms with E-state index in [1.165, 1.54) is 12.1 Å². The average molecular weight is 296 g/mol. The molecule has 106 valence electrons. The number of benzene rings is 2. The highest BCUT2D eigenvalue weighted by Gasteiger charge is 2.16. The van der Waals surface area contributed by atoms with Crippen LogP contribution in [0.2, 0.25) is 5.02 Å².